The van der Waals surface area contributed by atoms with Gasteiger partial charge in [0, 0.05) is 40.9 Å². The molecule has 0 saturated carbocycles. The van der Waals surface area contributed by atoms with Crippen LogP contribution in [0.25, 0.3) is 21.7 Å². The molecule has 0 unspecified atom stereocenters. The van der Waals surface area contributed by atoms with E-state index < -0.39 is 5.97 Å². The predicted molar refractivity (Wildman–Crippen MR) is 142 cm³/mol. The molecule has 36 heavy (non-hydrogen) atoms. The Morgan fingerprint density at radius 1 is 0.889 bits per heavy atom. The molecule has 0 spiro atoms. The summed E-state index contributed by atoms with van der Waals surface area (Å²) in [6.45, 7) is 3.13. The van der Waals surface area contributed by atoms with E-state index in [-0.39, 0.29) is 17.1 Å². The first-order valence-electron chi connectivity index (χ1n) is 11.7. The van der Waals surface area contributed by atoms with Gasteiger partial charge in [-0.15, -0.1) is 0 Å². The number of aromatic nitrogens is 1. The zero-order valence-electron chi connectivity index (χ0n) is 20.1. The first-order chi connectivity index (χ1) is 17.5. The number of anilines is 1. The number of phenolic OH excluding ortho intramolecular Hbond substituents is 1. The number of ether oxygens (including phenoxy) is 1. The lowest BCUT2D eigenvalue weighted by molar-refractivity contribution is 0.0597. The van der Waals surface area contributed by atoms with E-state index in [0.717, 1.165) is 27.4 Å². The van der Waals surface area contributed by atoms with Crippen molar-refractivity contribution in [2.24, 2.45) is 0 Å². The van der Waals surface area contributed by atoms with Gasteiger partial charge in [0.1, 0.15) is 11.3 Å². The van der Waals surface area contributed by atoms with Gasteiger partial charge in [-0.1, -0.05) is 60.7 Å². The normalized spacial score (nSPS) is 11.1. The van der Waals surface area contributed by atoms with Crippen LogP contribution in [0.1, 0.15) is 32.0 Å². The van der Waals surface area contributed by atoms with Gasteiger partial charge < -0.3 is 19.7 Å². The van der Waals surface area contributed by atoms with Crippen LogP contribution in [0.3, 0.4) is 0 Å². The maximum Gasteiger partial charge on any atom is 0.341 e. The summed E-state index contributed by atoms with van der Waals surface area (Å²) in [5, 5.41) is 16.1. The summed E-state index contributed by atoms with van der Waals surface area (Å²) in [6.07, 6.45) is 0. The first kappa shape index (κ1) is 23.2. The van der Waals surface area contributed by atoms with Gasteiger partial charge in [0.15, 0.2) is 5.78 Å². The largest absolute Gasteiger partial charge is 0.507 e. The fourth-order valence-corrected chi connectivity index (χ4v) is 4.80. The number of hydrogen-bond donors (Lipinski definition) is 2. The van der Waals surface area contributed by atoms with Crippen molar-refractivity contribution in [1.29, 1.82) is 0 Å². The van der Waals surface area contributed by atoms with Gasteiger partial charge in [-0.05, 0) is 42.0 Å². The van der Waals surface area contributed by atoms with E-state index in [0.29, 0.717) is 29.9 Å². The molecule has 2 N–H and O–H groups in total. The average molecular weight is 479 g/mol. The number of nitrogens with zero attached hydrogens (tertiary/aromatic N) is 1. The summed E-state index contributed by atoms with van der Waals surface area (Å²) in [6, 6.07) is 26.4. The van der Waals surface area contributed by atoms with Crippen LogP contribution in [0.5, 0.6) is 5.75 Å². The molecule has 0 saturated heterocycles. The monoisotopic (exact) mass is 478 g/mol. The van der Waals surface area contributed by atoms with Gasteiger partial charge >= 0.3 is 5.97 Å². The van der Waals surface area contributed by atoms with Crippen LogP contribution in [0.2, 0.25) is 0 Å². The highest BCUT2D eigenvalue weighted by atomic mass is 16.5. The summed E-state index contributed by atoms with van der Waals surface area (Å²) >= 11 is 0. The standard InChI is InChI=1S/C30H26N2O4/c1-19-28(29(34)23-12-7-9-20-8-3-4-10-22(20)23)24-11-5-6-13-26(24)32(19)17-16-31-21-14-15-27(33)25(18-21)30(35)36-2/h3-15,18,31,33H,16-17H2,1-2H3. The molecule has 0 bridgehead atoms. The van der Waals surface area contributed by atoms with Crippen LogP contribution in [0.15, 0.2) is 84.9 Å². The summed E-state index contributed by atoms with van der Waals surface area (Å²) in [7, 11) is 1.28. The number of hydrogen-bond acceptors (Lipinski definition) is 5. The molecule has 0 aliphatic heterocycles. The molecule has 5 rings (SSSR count). The molecule has 4 aromatic carbocycles. The van der Waals surface area contributed by atoms with Crippen LogP contribution < -0.4 is 5.32 Å². The highest BCUT2D eigenvalue weighted by molar-refractivity contribution is 6.22. The van der Waals surface area contributed by atoms with Crippen molar-refractivity contribution in [2.75, 3.05) is 19.0 Å². The quantitative estimate of drug-likeness (QED) is 0.172. The molecule has 6 nitrogen and oxygen atoms in total. The van der Waals surface area contributed by atoms with Crippen LogP contribution >= 0.6 is 0 Å². The van der Waals surface area contributed by atoms with Gasteiger partial charge in [0.25, 0.3) is 0 Å². The number of carbonyl (C=O) groups is 2. The fourth-order valence-electron chi connectivity index (χ4n) is 4.80. The predicted octanol–water partition coefficient (Wildman–Crippen LogP) is 5.94. The molecule has 0 radical (unpaired) electrons. The highest BCUT2D eigenvalue weighted by Crippen LogP contribution is 2.30. The third-order valence-electron chi connectivity index (χ3n) is 6.56. The van der Waals surface area contributed by atoms with Crippen molar-refractivity contribution in [3.63, 3.8) is 0 Å². The molecule has 0 atom stereocenters. The maximum absolute atomic E-state index is 13.9. The van der Waals surface area contributed by atoms with Crippen molar-refractivity contribution in [3.05, 3.63) is 107 Å². The Kier molecular flexibility index (Phi) is 6.17. The van der Waals surface area contributed by atoms with E-state index >= 15 is 0 Å². The lowest BCUT2D eigenvalue weighted by atomic mass is 9.95. The van der Waals surface area contributed by atoms with E-state index in [9.17, 15) is 14.7 Å². The highest BCUT2D eigenvalue weighted by Gasteiger charge is 2.22. The number of para-hydroxylation sites is 1. The second kappa shape index (κ2) is 9.58. The zero-order chi connectivity index (χ0) is 25.2. The second-order valence-corrected chi connectivity index (χ2v) is 8.64. The SMILES string of the molecule is COC(=O)c1cc(NCCn2c(C)c(C(=O)c3cccc4ccccc34)c3ccccc32)ccc1O. The van der Waals surface area contributed by atoms with Gasteiger partial charge in [0.2, 0.25) is 0 Å². The number of ketones is 1. The molecule has 5 aromatic rings. The lowest BCUT2D eigenvalue weighted by Crippen LogP contribution is -2.13. The Bertz CT molecular complexity index is 1610. The number of rotatable bonds is 7. The zero-order valence-corrected chi connectivity index (χ0v) is 20.1. The molecule has 0 amide bonds. The number of esters is 1. The summed E-state index contributed by atoms with van der Waals surface area (Å²) < 4.78 is 6.88. The van der Waals surface area contributed by atoms with Crippen LogP contribution in [-0.4, -0.2) is 35.1 Å². The summed E-state index contributed by atoms with van der Waals surface area (Å²) in [4.78, 5) is 25.8. The Labute approximate surface area is 208 Å². The van der Waals surface area contributed by atoms with Crippen molar-refractivity contribution < 1.29 is 19.4 Å². The molecule has 0 aliphatic carbocycles. The van der Waals surface area contributed by atoms with Crippen LogP contribution in [-0.2, 0) is 11.3 Å². The Morgan fingerprint density at radius 2 is 1.61 bits per heavy atom. The van der Waals surface area contributed by atoms with Crippen molar-refractivity contribution in [3.8, 4) is 5.75 Å². The van der Waals surface area contributed by atoms with Crippen LogP contribution in [0, 0.1) is 6.92 Å². The lowest BCUT2D eigenvalue weighted by Gasteiger charge is -2.12. The van der Waals surface area contributed by atoms with E-state index in [1.54, 1.807) is 12.1 Å². The molecule has 1 heterocycles. The number of carbonyl (C=O) groups excluding carboxylic acids is 2. The maximum atomic E-state index is 13.9. The Balaban J connectivity index is 1.47. The van der Waals surface area contributed by atoms with Gasteiger partial charge in [-0.3, -0.25) is 4.79 Å². The molecule has 180 valence electrons. The molecular formula is C30H26N2O4. The summed E-state index contributed by atoms with van der Waals surface area (Å²) in [5.74, 6) is -0.718. The van der Waals surface area contributed by atoms with Gasteiger partial charge in [0.05, 0.1) is 12.7 Å². The minimum Gasteiger partial charge on any atom is -0.507 e. The minimum atomic E-state index is -0.597. The van der Waals surface area contributed by atoms with E-state index in [2.05, 4.69) is 9.88 Å². The van der Waals surface area contributed by atoms with Crippen molar-refractivity contribution >= 4 is 39.1 Å². The molecular weight excluding hydrogens is 452 g/mol. The Morgan fingerprint density at radius 3 is 2.42 bits per heavy atom. The van der Waals surface area contributed by atoms with E-state index in [1.807, 2.05) is 73.7 Å². The Hall–Kier alpha value is -4.58. The van der Waals surface area contributed by atoms with Crippen molar-refractivity contribution in [1.82, 2.24) is 4.57 Å². The van der Waals surface area contributed by atoms with Gasteiger partial charge in [-0.2, -0.15) is 0 Å². The summed E-state index contributed by atoms with van der Waals surface area (Å²) in [5.41, 5.74) is 4.08. The van der Waals surface area contributed by atoms with Gasteiger partial charge in [-0.25, -0.2) is 4.79 Å². The number of methoxy groups -OCH3 is 1. The topological polar surface area (TPSA) is 80.6 Å². The van der Waals surface area contributed by atoms with E-state index in [1.165, 1.54) is 13.2 Å². The molecule has 6 heteroatoms. The number of fused-ring (bicyclic) bond motifs is 2. The molecule has 0 fully saturated rings. The smallest absolute Gasteiger partial charge is 0.341 e. The number of benzene rings is 4. The van der Waals surface area contributed by atoms with Crippen molar-refractivity contribution in [2.45, 2.75) is 13.5 Å². The average Bonchev–Trinajstić information content (AvgIpc) is 3.19. The second-order valence-electron chi connectivity index (χ2n) is 8.64. The number of phenols is 1. The third kappa shape index (κ3) is 4.07. The number of nitrogens with one attached hydrogen (secondary N) is 1. The minimum absolute atomic E-state index is 0.00784. The van der Waals surface area contributed by atoms with Crippen LogP contribution in [0.4, 0.5) is 5.69 Å². The number of aromatic hydroxyl groups is 1. The molecule has 1 aromatic heterocycles. The molecule has 0 aliphatic rings. The first-order valence-corrected chi connectivity index (χ1v) is 11.7. The fraction of sp³-hybridized carbons (Fsp3) is 0.133. The third-order valence-corrected chi connectivity index (χ3v) is 6.56. The van der Waals surface area contributed by atoms with E-state index in [4.69, 9.17) is 4.74 Å².